The van der Waals surface area contributed by atoms with Crippen LogP contribution in [-0.2, 0) is 0 Å². The van der Waals surface area contributed by atoms with E-state index in [2.05, 4.69) is 13.1 Å². The predicted octanol–water partition coefficient (Wildman–Crippen LogP) is 1.92. The lowest BCUT2D eigenvalue weighted by molar-refractivity contribution is -0.914. The van der Waals surface area contributed by atoms with Crippen molar-refractivity contribution in [3.63, 3.8) is 0 Å². The molecule has 1 rings (SSSR count). The Morgan fingerprint density at radius 2 is 1.92 bits per heavy atom. The second-order valence-corrected chi connectivity index (χ2v) is 4.11. The number of unbranched alkanes of at least 4 members (excludes halogenated alkanes) is 1. The van der Waals surface area contributed by atoms with E-state index in [4.69, 9.17) is 5.26 Å². The van der Waals surface area contributed by atoms with Crippen molar-refractivity contribution in [2.45, 2.75) is 32.1 Å². The fraction of sp³-hybridized carbons (Fsp3) is 0.900. The van der Waals surface area contributed by atoms with Crippen LogP contribution in [0.5, 0.6) is 0 Å². The molecule has 1 aliphatic rings. The Morgan fingerprint density at radius 1 is 1.25 bits per heavy atom. The molecule has 2 heteroatoms. The zero-order chi connectivity index (χ0) is 8.86. The first kappa shape index (κ1) is 9.54. The maximum absolute atomic E-state index is 8.42. The van der Waals surface area contributed by atoms with Crippen LogP contribution in [0.1, 0.15) is 32.1 Å². The van der Waals surface area contributed by atoms with Gasteiger partial charge in [0, 0.05) is 12.8 Å². The summed E-state index contributed by atoms with van der Waals surface area (Å²) in [4.78, 5) is 0. The minimum Gasteiger partial charge on any atom is -0.326 e. The normalized spacial score (nSPS) is 21.7. The van der Waals surface area contributed by atoms with Gasteiger partial charge in [0.2, 0.25) is 0 Å². The van der Waals surface area contributed by atoms with Gasteiger partial charge in [-0.1, -0.05) is 0 Å². The SMILES string of the molecule is C[N+]1(CCCC#N)CCCCC1. The molecular formula is C10H19N2+. The van der Waals surface area contributed by atoms with Crippen LogP contribution in [0, 0.1) is 11.3 Å². The molecule has 1 heterocycles. The van der Waals surface area contributed by atoms with Crippen molar-refractivity contribution in [2.24, 2.45) is 0 Å². The van der Waals surface area contributed by atoms with Crippen LogP contribution in [0.15, 0.2) is 0 Å². The van der Waals surface area contributed by atoms with E-state index in [1.165, 1.54) is 43.4 Å². The summed E-state index contributed by atoms with van der Waals surface area (Å²) >= 11 is 0. The van der Waals surface area contributed by atoms with Gasteiger partial charge in [0.1, 0.15) is 0 Å². The fourth-order valence-corrected chi connectivity index (χ4v) is 2.04. The Morgan fingerprint density at radius 3 is 2.50 bits per heavy atom. The number of hydrogen-bond donors (Lipinski definition) is 0. The summed E-state index contributed by atoms with van der Waals surface area (Å²) in [7, 11) is 2.33. The highest BCUT2D eigenvalue weighted by molar-refractivity contribution is 4.68. The maximum Gasteiger partial charge on any atom is 0.0794 e. The number of likely N-dealkylation sites (tertiary alicyclic amines) is 1. The second kappa shape index (κ2) is 4.47. The Labute approximate surface area is 75.4 Å². The fourth-order valence-electron chi connectivity index (χ4n) is 2.04. The smallest absolute Gasteiger partial charge is 0.0794 e. The third-order valence-corrected chi connectivity index (χ3v) is 2.88. The number of rotatable bonds is 3. The van der Waals surface area contributed by atoms with Gasteiger partial charge in [0.15, 0.2) is 0 Å². The predicted molar refractivity (Wildman–Crippen MR) is 49.5 cm³/mol. The van der Waals surface area contributed by atoms with Crippen LogP contribution < -0.4 is 0 Å². The number of quaternary nitrogens is 1. The molecule has 1 saturated heterocycles. The zero-order valence-corrected chi connectivity index (χ0v) is 8.05. The van der Waals surface area contributed by atoms with Gasteiger partial charge in [-0.25, -0.2) is 0 Å². The molecule has 0 N–H and O–H groups in total. The van der Waals surface area contributed by atoms with E-state index >= 15 is 0 Å². The standard InChI is InChI=1S/C10H19N2/c1-12(10-6-3-7-11)8-4-2-5-9-12/h2-6,8-10H2,1H3/q+1. The van der Waals surface area contributed by atoms with Gasteiger partial charge in [0.05, 0.1) is 32.8 Å². The van der Waals surface area contributed by atoms with Crippen LogP contribution in [0.2, 0.25) is 0 Å². The van der Waals surface area contributed by atoms with Gasteiger partial charge in [-0.3, -0.25) is 0 Å². The average molecular weight is 167 g/mol. The Bertz CT molecular complexity index is 163. The number of piperidine rings is 1. The van der Waals surface area contributed by atoms with Crippen LogP contribution in [0.25, 0.3) is 0 Å². The van der Waals surface area contributed by atoms with E-state index in [0.717, 1.165) is 12.8 Å². The zero-order valence-electron chi connectivity index (χ0n) is 8.05. The van der Waals surface area contributed by atoms with Gasteiger partial charge in [-0.05, 0) is 19.3 Å². The summed E-state index contributed by atoms with van der Waals surface area (Å²) in [5.41, 5.74) is 0. The second-order valence-electron chi connectivity index (χ2n) is 4.11. The van der Waals surface area contributed by atoms with Gasteiger partial charge in [0.25, 0.3) is 0 Å². The molecule has 2 nitrogen and oxygen atoms in total. The van der Waals surface area contributed by atoms with Crippen molar-refractivity contribution in [3.8, 4) is 6.07 Å². The lowest BCUT2D eigenvalue weighted by Gasteiger charge is -2.37. The molecule has 1 fully saturated rings. The number of hydrogen-bond acceptors (Lipinski definition) is 1. The lowest BCUT2D eigenvalue weighted by atomic mass is 10.1. The van der Waals surface area contributed by atoms with E-state index in [0.29, 0.717) is 0 Å². The molecule has 0 saturated carbocycles. The Kier molecular flexibility index (Phi) is 3.55. The van der Waals surface area contributed by atoms with Crippen LogP contribution >= 0.6 is 0 Å². The molecular weight excluding hydrogens is 148 g/mol. The van der Waals surface area contributed by atoms with E-state index in [1.807, 2.05) is 0 Å². The van der Waals surface area contributed by atoms with E-state index in [-0.39, 0.29) is 0 Å². The first-order valence-corrected chi connectivity index (χ1v) is 4.97. The molecule has 0 atom stereocenters. The summed E-state index contributed by atoms with van der Waals surface area (Å²) in [6, 6.07) is 2.21. The lowest BCUT2D eigenvalue weighted by Crippen LogP contribution is -2.48. The van der Waals surface area contributed by atoms with Gasteiger partial charge in [-0.2, -0.15) is 5.26 Å². The monoisotopic (exact) mass is 167 g/mol. The molecule has 0 amide bonds. The maximum atomic E-state index is 8.42. The van der Waals surface area contributed by atoms with Crippen molar-refractivity contribution in [2.75, 3.05) is 26.7 Å². The minimum atomic E-state index is 0.730. The highest BCUT2D eigenvalue weighted by atomic mass is 15.3. The largest absolute Gasteiger partial charge is 0.326 e. The molecule has 0 aromatic rings. The summed E-state index contributed by atoms with van der Waals surface area (Å²) in [5, 5.41) is 8.42. The molecule has 1 aliphatic heterocycles. The van der Waals surface area contributed by atoms with E-state index < -0.39 is 0 Å². The van der Waals surface area contributed by atoms with Gasteiger partial charge >= 0.3 is 0 Å². The summed E-state index contributed by atoms with van der Waals surface area (Å²) in [6.07, 6.45) is 5.97. The first-order chi connectivity index (χ1) is 5.77. The van der Waals surface area contributed by atoms with Gasteiger partial charge < -0.3 is 4.48 Å². The number of nitriles is 1. The van der Waals surface area contributed by atoms with E-state index in [9.17, 15) is 0 Å². The molecule has 0 unspecified atom stereocenters. The molecule has 0 aromatic carbocycles. The van der Waals surface area contributed by atoms with E-state index in [1.54, 1.807) is 0 Å². The molecule has 0 spiro atoms. The molecule has 68 valence electrons. The van der Waals surface area contributed by atoms with Crippen molar-refractivity contribution >= 4 is 0 Å². The summed E-state index contributed by atoms with van der Waals surface area (Å²) in [6.45, 7) is 3.85. The quantitative estimate of drug-likeness (QED) is 0.465. The third-order valence-electron chi connectivity index (χ3n) is 2.88. The summed E-state index contributed by atoms with van der Waals surface area (Å²) < 4.78 is 1.21. The van der Waals surface area contributed by atoms with Crippen molar-refractivity contribution in [1.29, 1.82) is 5.26 Å². The van der Waals surface area contributed by atoms with Crippen molar-refractivity contribution in [3.05, 3.63) is 0 Å². The van der Waals surface area contributed by atoms with Crippen LogP contribution in [-0.4, -0.2) is 31.2 Å². The van der Waals surface area contributed by atoms with Crippen LogP contribution in [0.4, 0.5) is 0 Å². The number of nitrogens with zero attached hydrogens (tertiary/aromatic N) is 2. The topological polar surface area (TPSA) is 23.8 Å². The third kappa shape index (κ3) is 2.83. The van der Waals surface area contributed by atoms with Crippen molar-refractivity contribution < 1.29 is 4.48 Å². The minimum absolute atomic E-state index is 0.730. The van der Waals surface area contributed by atoms with Crippen molar-refractivity contribution in [1.82, 2.24) is 0 Å². The van der Waals surface area contributed by atoms with Crippen LogP contribution in [0.3, 0.4) is 0 Å². The molecule has 0 bridgehead atoms. The Hall–Kier alpha value is -0.550. The molecule has 0 aliphatic carbocycles. The molecule has 12 heavy (non-hydrogen) atoms. The average Bonchev–Trinajstić information content (AvgIpc) is 2.06. The highest BCUT2D eigenvalue weighted by Crippen LogP contribution is 2.16. The Balaban J connectivity index is 2.23. The molecule has 0 radical (unpaired) electrons. The molecule has 0 aromatic heterocycles. The van der Waals surface area contributed by atoms with Gasteiger partial charge in [-0.15, -0.1) is 0 Å². The summed E-state index contributed by atoms with van der Waals surface area (Å²) in [5.74, 6) is 0. The first-order valence-electron chi connectivity index (χ1n) is 4.97. The highest BCUT2D eigenvalue weighted by Gasteiger charge is 2.23.